The number of esters is 4. The van der Waals surface area contributed by atoms with Crippen LogP contribution in [0.5, 0.6) is 0 Å². The first kappa shape index (κ1) is 104. The van der Waals surface area contributed by atoms with Gasteiger partial charge < -0.3 is 33.8 Å². The first-order valence-electron chi connectivity index (χ1n) is 45.0. The lowest BCUT2D eigenvalue weighted by atomic mass is 10.0. The molecule has 5 atom stereocenters. The fourth-order valence-corrected chi connectivity index (χ4v) is 15.2. The predicted octanol–water partition coefficient (Wildman–Crippen LogP) is 26.6. The fourth-order valence-electron chi connectivity index (χ4n) is 13.6. The maximum absolute atomic E-state index is 13.2. The zero-order valence-corrected chi connectivity index (χ0v) is 71.5. The lowest BCUT2D eigenvalue weighted by molar-refractivity contribution is -0.161. The van der Waals surface area contributed by atoms with Crippen LogP contribution in [0.1, 0.15) is 465 Å². The molecule has 3 N–H and O–H groups in total. The largest absolute Gasteiger partial charge is 0.472 e. The highest BCUT2D eigenvalue weighted by atomic mass is 31.2. The second-order valence-corrected chi connectivity index (χ2v) is 35.1. The molecular formula is C87H170O17P2. The van der Waals surface area contributed by atoms with Crippen LogP contribution in [0.25, 0.3) is 0 Å². The van der Waals surface area contributed by atoms with E-state index in [1.54, 1.807) is 0 Å². The van der Waals surface area contributed by atoms with E-state index in [1.807, 2.05) is 0 Å². The van der Waals surface area contributed by atoms with E-state index >= 15 is 0 Å². The molecule has 0 rings (SSSR count). The number of carbonyl (C=O) groups excluding carboxylic acids is 4. The molecule has 106 heavy (non-hydrogen) atoms. The fraction of sp³-hybridized carbons (Fsp3) is 0.954. The Morgan fingerprint density at radius 2 is 0.434 bits per heavy atom. The molecule has 0 aliphatic carbocycles. The monoisotopic (exact) mass is 1550 g/mol. The maximum atomic E-state index is 13.2. The summed E-state index contributed by atoms with van der Waals surface area (Å²) >= 11 is 0. The van der Waals surface area contributed by atoms with Gasteiger partial charge in [-0.1, -0.05) is 414 Å². The van der Waals surface area contributed by atoms with Crippen molar-refractivity contribution in [2.45, 2.75) is 484 Å². The number of ether oxygens (including phenoxy) is 4. The van der Waals surface area contributed by atoms with Crippen molar-refractivity contribution in [1.82, 2.24) is 0 Å². The molecular weight excluding hydrogens is 1380 g/mol. The van der Waals surface area contributed by atoms with E-state index in [4.69, 9.17) is 37.0 Å². The third-order valence-electron chi connectivity index (χ3n) is 20.5. The maximum Gasteiger partial charge on any atom is 0.472 e. The van der Waals surface area contributed by atoms with Crippen LogP contribution < -0.4 is 0 Å². The van der Waals surface area contributed by atoms with E-state index in [0.29, 0.717) is 25.7 Å². The summed E-state index contributed by atoms with van der Waals surface area (Å²) in [7, 11) is -9.93. The van der Waals surface area contributed by atoms with Crippen LogP contribution >= 0.6 is 15.6 Å². The average molecular weight is 1550 g/mol. The molecule has 0 aliphatic heterocycles. The molecule has 0 aromatic heterocycles. The number of phosphoric acid groups is 2. The highest BCUT2D eigenvalue weighted by Gasteiger charge is 2.30. The highest BCUT2D eigenvalue weighted by Crippen LogP contribution is 2.45. The van der Waals surface area contributed by atoms with Crippen molar-refractivity contribution < 1.29 is 80.2 Å². The minimum Gasteiger partial charge on any atom is -0.462 e. The topological polar surface area (TPSA) is 237 Å². The molecule has 0 spiro atoms. The third kappa shape index (κ3) is 80.1. The van der Waals surface area contributed by atoms with Crippen molar-refractivity contribution in [1.29, 1.82) is 0 Å². The molecule has 0 aliphatic rings. The molecule has 0 amide bonds. The summed E-state index contributed by atoms with van der Waals surface area (Å²) in [6, 6.07) is 0. The molecule has 17 nitrogen and oxygen atoms in total. The number of aliphatic hydroxyl groups excluding tert-OH is 1. The third-order valence-corrected chi connectivity index (χ3v) is 22.4. The van der Waals surface area contributed by atoms with Crippen molar-refractivity contribution in [3.05, 3.63) is 0 Å². The normalized spacial score (nSPS) is 13.8. The number of hydrogen-bond acceptors (Lipinski definition) is 15. The number of phosphoric ester groups is 2. The Hall–Kier alpha value is -1.94. The van der Waals surface area contributed by atoms with Crippen LogP contribution in [0.3, 0.4) is 0 Å². The Labute approximate surface area is 651 Å². The summed E-state index contributed by atoms with van der Waals surface area (Å²) in [6.45, 7) is 9.65. The predicted molar refractivity (Wildman–Crippen MR) is 437 cm³/mol. The molecule has 19 heteroatoms. The van der Waals surface area contributed by atoms with Gasteiger partial charge >= 0.3 is 39.5 Å². The van der Waals surface area contributed by atoms with Crippen molar-refractivity contribution in [3.8, 4) is 0 Å². The van der Waals surface area contributed by atoms with Gasteiger partial charge in [0, 0.05) is 25.7 Å². The molecule has 630 valence electrons. The van der Waals surface area contributed by atoms with Crippen molar-refractivity contribution in [2.75, 3.05) is 39.6 Å². The van der Waals surface area contributed by atoms with Gasteiger partial charge in [0.05, 0.1) is 26.4 Å². The molecule has 0 bridgehead atoms. The minimum atomic E-state index is -4.97. The number of unbranched alkanes of at least 4 members (excludes halogenated alkanes) is 56. The molecule has 2 unspecified atom stereocenters. The second kappa shape index (κ2) is 78.3. The van der Waals surface area contributed by atoms with Crippen LogP contribution in [0, 0.1) is 11.8 Å². The molecule has 0 aromatic carbocycles. The smallest absolute Gasteiger partial charge is 0.462 e. The molecule has 0 aromatic rings. The van der Waals surface area contributed by atoms with Gasteiger partial charge in [0.15, 0.2) is 12.2 Å². The molecule has 0 saturated carbocycles. The Balaban J connectivity index is 5.23. The van der Waals surface area contributed by atoms with Gasteiger partial charge in [-0.25, -0.2) is 9.13 Å². The molecule has 0 fully saturated rings. The van der Waals surface area contributed by atoms with Gasteiger partial charge in [-0.05, 0) is 37.5 Å². The number of aliphatic hydroxyl groups is 1. The van der Waals surface area contributed by atoms with Gasteiger partial charge in [-0.15, -0.1) is 0 Å². The summed E-state index contributed by atoms with van der Waals surface area (Å²) in [5.41, 5.74) is 0. The SMILES string of the molecule is CCCCCCCCCCCCCCCCCCCCCCCC(=O)O[C@H](COC(=O)CCCCCCCCCCCCCCCCCCCCC)COP(=O)(O)OC[C@@H](O)COP(=O)(O)OC[C@@H](COC(=O)CCCCCCCCCCC(C)C)OC(=O)CCCCCCCCCCCCCCC(C)C. The number of rotatable bonds is 86. The van der Waals surface area contributed by atoms with E-state index in [9.17, 15) is 43.2 Å². The van der Waals surface area contributed by atoms with E-state index < -0.39 is 97.5 Å². The Morgan fingerprint density at radius 1 is 0.255 bits per heavy atom. The standard InChI is InChI=1S/C87H170O17P2/c1-7-9-11-13-15-17-19-21-23-25-27-28-30-32-34-36-41-45-53-59-65-71-86(91)103-82(75-97-84(89)69-63-57-51-44-40-35-33-31-29-26-24-22-20-18-16-14-12-10-8-2)77-101-105(93,94)99-73-81(88)74-100-106(95,96)102-78-83(76-98-85(90)70-64-58-52-48-47-50-56-62-68-80(5)6)104-87(92)72-66-60-54-46-42-38-37-39-43-49-55-61-67-79(3)4/h79-83,88H,7-78H2,1-6H3,(H,93,94)(H,95,96)/t81-,82-,83-/m1/s1. The Kier molecular flexibility index (Phi) is 76.9. The summed E-state index contributed by atoms with van der Waals surface area (Å²) in [4.78, 5) is 73.3. The van der Waals surface area contributed by atoms with Crippen LogP contribution in [0.4, 0.5) is 0 Å². The van der Waals surface area contributed by atoms with Gasteiger partial charge in [0.2, 0.25) is 0 Å². The molecule has 0 saturated heterocycles. The number of carbonyl (C=O) groups is 4. The lowest BCUT2D eigenvalue weighted by Gasteiger charge is -2.21. The molecule has 0 heterocycles. The van der Waals surface area contributed by atoms with Crippen LogP contribution in [-0.2, 0) is 65.4 Å². The Bertz CT molecular complexity index is 2030. The van der Waals surface area contributed by atoms with Crippen molar-refractivity contribution >= 4 is 39.5 Å². The van der Waals surface area contributed by atoms with Gasteiger partial charge in [-0.3, -0.25) is 37.3 Å². The second-order valence-electron chi connectivity index (χ2n) is 32.2. The summed E-state index contributed by atoms with van der Waals surface area (Å²) in [5.74, 6) is -0.600. The van der Waals surface area contributed by atoms with E-state index in [2.05, 4.69) is 41.5 Å². The summed E-state index contributed by atoms with van der Waals surface area (Å²) in [6.07, 6.45) is 71.0. The first-order chi connectivity index (χ1) is 51.4. The summed E-state index contributed by atoms with van der Waals surface area (Å²) < 4.78 is 68.9. The van der Waals surface area contributed by atoms with Crippen molar-refractivity contribution in [2.24, 2.45) is 11.8 Å². The zero-order chi connectivity index (χ0) is 77.8. The van der Waals surface area contributed by atoms with E-state index in [1.165, 1.54) is 283 Å². The minimum absolute atomic E-state index is 0.107. The number of hydrogen-bond donors (Lipinski definition) is 3. The molecule has 0 radical (unpaired) electrons. The first-order valence-corrected chi connectivity index (χ1v) is 48.0. The van der Waals surface area contributed by atoms with Crippen LogP contribution in [-0.4, -0.2) is 96.7 Å². The average Bonchev–Trinajstić information content (AvgIpc) is 0.903. The van der Waals surface area contributed by atoms with Gasteiger partial charge in [0.1, 0.15) is 19.3 Å². The van der Waals surface area contributed by atoms with E-state index in [-0.39, 0.29) is 25.7 Å². The highest BCUT2D eigenvalue weighted by molar-refractivity contribution is 7.47. The summed E-state index contributed by atoms with van der Waals surface area (Å²) in [5, 5.41) is 10.7. The van der Waals surface area contributed by atoms with Gasteiger partial charge in [-0.2, -0.15) is 0 Å². The zero-order valence-electron chi connectivity index (χ0n) is 69.7. The van der Waals surface area contributed by atoms with Crippen molar-refractivity contribution in [3.63, 3.8) is 0 Å². The van der Waals surface area contributed by atoms with Crippen LogP contribution in [0.15, 0.2) is 0 Å². The quantitative estimate of drug-likeness (QED) is 0.0222. The Morgan fingerprint density at radius 3 is 0.642 bits per heavy atom. The van der Waals surface area contributed by atoms with E-state index in [0.717, 1.165) is 102 Å². The van der Waals surface area contributed by atoms with Gasteiger partial charge in [0.25, 0.3) is 0 Å². The lowest BCUT2D eigenvalue weighted by Crippen LogP contribution is -2.30. The van der Waals surface area contributed by atoms with Crippen LogP contribution in [0.2, 0.25) is 0 Å².